The molecule has 0 aliphatic heterocycles. The van der Waals surface area contributed by atoms with Crippen molar-refractivity contribution in [1.82, 2.24) is 5.32 Å². The first kappa shape index (κ1) is 12.5. The number of benzene rings is 1. The summed E-state index contributed by atoms with van der Waals surface area (Å²) in [5.41, 5.74) is 1.14. The Hall–Kier alpha value is -0.540. The van der Waals surface area contributed by atoms with Crippen LogP contribution in [0.25, 0.3) is 0 Å². The first-order valence-corrected chi connectivity index (χ1v) is 7.88. The molecule has 2 aliphatic rings. The topological polar surface area (TPSA) is 12.0 Å². The van der Waals surface area contributed by atoms with Crippen molar-refractivity contribution < 1.29 is 4.39 Å². The van der Waals surface area contributed by atoms with E-state index in [1.807, 2.05) is 6.07 Å². The molecule has 1 nitrogen and oxygen atoms in total. The monoisotopic (exact) mass is 265 g/mol. The Morgan fingerprint density at radius 2 is 1.94 bits per heavy atom. The lowest BCUT2D eigenvalue weighted by atomic mass is 10.2. The Kier molecular flexibility index (Phi) is 3.90. The third kappa shape index (κ3) is 3.07. The van der Waals surface area contributed by atoms with Gasteiger partial charge in [0.05, 0.1) is 0 Å². The van der Waals surface area contributed by atoms with Gasteiger partial charge in [-0.2, -0.15) is 0 Å². The van der Waals surface area contributed by atoms with Gasteiger partial charge in [-0.05, 0) is 37.3 Å². The number of halogens is 1. The Bertz CT molecular complexity index is 411. The summed E-state index contributed by atoms with van der Waals surface area (Å²) in [6.45, 7) is 0.817. The molecule has 2 aliphatic carbocycles. The fourth-order valence-electron chi connectivity index (χ4n) is 2.54. The highest BCUT2D eigenvalue weighted by atomic mass is 32.2. The van der Waals surface area contributed by atoms with Gasteiger partial charge in [-0.25, -0.2) is 4.39 Å². The van der Waals surface area contributed by atoms with E-state index in [1.54, 1.807) is 17.8 Å². The average molecular weight is 265 g/mol. The molecule has 0 amide bonds. The molecular formula is C15H20FNS. The molecule has 0 aromatic heterocycles. The molecule has 18 heavy (non-hydrogen) atoms. The first-order valence-electron chi connectivity index (χ1n) is 7.00. The number of hydrogen-bond donors (Lipinski definition) is 1. The molecule has 0 saturated heterocycles. The molecule has 0 unspecified atom stereocenters. The molecule has 1 aromatic rings. The van der Waals surface area contributed by atoms with Gasteiger partial charge in [-0.1, -0.05) is 25.0 Å². The summed E-state index contributed by atoms with van der Waals surface area (Å²) in [5, 5.41) is 4.11. The van der Waals surface area contributed by atoms with E-state index in [2.05, 4.69) is 11.4 Å². The fourth-order valence-corrected chi connectivity index (χ4v) is 3.91. The van der Waals surface area contributed by atoms with Crippen molar-refractivity contribution in [2.45, 2.75) is 61.3 Å². The summed E-state index contributed by atoms with van der Waals surface area (Å²) < 4.78 is 14.0. The maximum atomic E-state index is 14.0. The highest BCUT2D eigenvalue weighted by Gasteiger charge is 2.22. The molecule has 1 N–H and O–H groups in total. The standard InChI is InChI=1S/C15H20FNS/c16-14-7-3-4-11(10-17-12-8-9-12)15(14)18-13-5-1-2-6-13/h3-4,7,12-13,17H,1-2,5-6,8-10H2. The van der Waals surface area contributed by atoms with Crippen LogP contribution < -0.4 is 5.32 Å². The van der Waals surface area contributed by atoms with Crippen LogP contribution in [0.5, 0.6) is 0 Å². The maximum Gasteiger partial charge on any atom is 0.137 e. The number of rotatable bonds is 5. The Morgan fingerprint density at radius 1 is 1.17 bits per heavy atom. The van der Waals surface area contributed by atoms with E-state index in [1.165, 1.54) is 38.5 Å². The molecular weight excluding hydrogens is 245 g/mol. The van der Waals surface area contributed by atoms with Gasteiger partial charge in [-0.15, -0.1) is 11.8 Å². The Balaban J connectivity index is 1.71. The van der Waals surface area contributed by atoms with Crippen molar-refractivity contribution in [2.75, 3.05) is 0 Å². The van der Waals surface area contributed by atoms with E-state index >= 15 is 0 Å². The molecule has 3 rings (SSSR count). The van der Waals surface area contributed by atoms with Gasteiger partial charge in [0.1, 0.15) is 5.82 Å². The number of hydrogen-bond acceptors (Lipinski definition) is 2. The zero-order chi connectivity index (χ0) is 12.4. The summed E-state index contributed by atoms with van der Waals surface area (Å²) >= 11 is 1.76. The maximum absolute atomic E-state index is 14.0. The van der Waals surface area contributed by atoms with E-state index in [9.17, 15) is 4.39 Å². The zero-order valence-electron chi connectivity index (χ0n) is 10.6. The zero-order valence-corrected chi connectivity index (χ0v) is 11.4. The summed E-state index contributed by atoms with van der Waals surface area (Å²) in [5.74, 6) is -0.0398. The van der Waals surface area contributed by atoms with Crippen molar-refractivity contribution in [3.05, 3.63) is 29.6 Å². The second-order valence-corrected chi connectivity index (χ2v) is 6.72. The minimum Gasteiger partial charge on any atom is -0.310 e. The number of nitrogens with one attached hydrogen (secondary N) is 1. The predicted molar refractivity (Wildman–Crippen MR) is 74.4 cm³/mol. The van der Waals surface area contributed by atoms with E-state index in [0.29, 0.717) is 11.3 Å². The van der Waals surface area contributed by atoms with E-state index in [0.717, 1.165) is 17.0 Å². The predicted octanol–water partition coefficient (Wildman–Crippen LogP) is 4.11. The van der Waals surface area contributed by atoms with Crippen molar-refractivity contribution in [1.29, 1.82) is 0 Å². The minimum absolute atomic E-state index is 0.0398. The van der Waals surface area contributed by atoms with Crippen LogP contribution in [-0.2, 0) is 6.54 Å². The van der Waals surface area contributed by atoms with Crippen molar-refractivity contribution in [3.63, 3.8) is 0 Å². The smallest absolute Gasteiger partial charge is 0.137 e. The Morgan fingerprint density at radius 3 is 2.67 bits per heavy atom. The second kappa shape index (κ2) is 5.62. The van der Waals surface area contributed by atoms with Crippen LogP contribution in [0.1, 0.15) is 44.1 Å². The highest BCUT2D eigenvalue weighted by Crippen LogP contribution is 2.37. The Labute approximate surface area is 113 Å². The van der Waals surface area contributed by atoms with Crippen LogP contribution in [0.3, 0.4) is 0 Å². The van der Waals surface area contributed by atoms with Crippen LogP contribution in [0, 0.1) is 5.82 Å². The van der Waals surface area contributed by atoms with Crippen LogP contribution in [0.2, 0.25) is 0 Å². The lowest BCUT2D eigenvalue weighted by molar-refractivity contribution is 0.588. The van der Waals surface area contributed by atoms with Crippen molar-refractivity contribution in [3.8, 4) is 0 Å². The normalized spacial score (nSPS) is 20.5. The third-order valence-electron chi connectivity index (χ3n) is 3.79. The van der Waals surface area contributed by atoms with Gasteiger partial charge in [0, 0.05) is 22.7 Å². The second-order valence-electron chi connectivity index (χ2n) is 5.41. The van der Waals surface area contributed by atoms with Gasteiger partial charge in [0.25, 0.3) is 0 Å². The van der Waals surface area contributed by atoms with E-state index in [-0.39, 0.29) is 5.82 Å². The molecule has 2 fully saturated rings. The van der Waals surface area contributed by atoms with Gasteiger partial charge in [0.2, 0.25) is 0 Å². The van der Waals surface area contributed by atoms with E-state index < -0.39 is 0 Å². The van der Waals surface area contributed by atoms with Crippen molar-refractivity contribution in [2.24, 2.45) is 0 Å². The summed E-state index contributed by atoms with van der Waals surface area (Å²) in [4.78, 5) is 0.887. The lowest BCUT2D eigenvalue weighted by Gasteiger charge is -2.14. The SMILES string of the molecule is Fc1cccc(CNC2CC2)c1SC1CCCC1. The molecule has 1 aromatic carbocycles. The first-order chi connectivity index (χ1) is 8.83. The summed E-state index contributed by atoms with van der Waals surface area (Å²) in [7, 11) is 0. The summed E-state index contributed by atoms with van der Waals surface area (Å²) in [6.07, 6.45) is 7.66. The molecule has 2 saturated carbocycles. The molecule has 0 spiro atoms. The van der Waals surface area contributed by atoms with Crippen LogP contribution >= 0.6 is 11.8 Å². The van der Waals surface area contributed by atoms with Gasteiger partial charge in [0.15, 0.2) is 0 Å². The van der Waals surface area contributed by atoms with Crippen LogP contribution in [0.4, 0.5) is 4.39 Å². The lowest BCUT2D eigenvalue weighted by Crippen LogP contribution is -2.16. The molecule has 0 heterocycles. The quantitative estimate of drug-likeness (QED) is 0.859. The van der Waals surface area contributed by atoms with Gasteiger partial charge >= 0.3 is 0 Å². The number of thioether (sulfide) groups is 1. The van der Waals surface area contributed by atoms with E-state index in [4.69, 9.17) is 0 Å². The molecule has 0 bridgehead atoms. The van der Waals surface area contributed by atoms with Crippen LogP contribution in [0.15, 0.2) is 23.1 Å². The fraction of sp³-hybridized carbons (Fsp3) is 0.600. The molecule has 0 radical (unpaired) electrons. The largest absolute Gasteiger partial charge is 0.310 e. The molecule has 98 valence electrons. The minimum atomic E-state index is -0.0398. The third-order valence-corrected chi connectivity index (χ3v) is 5.29. The van der Waals surface area contributed by atoms with Gasteiger partial charge in [-0.3, -0.25) is 0 Å². The summed E-state index contributed by atoms with van der Waals surface area (Å²) in [6, 6.07) is 6.17. The average Bonchev–Trinajstić information content (AvgIpc) is 3.06. The molecule has 3 heteroatoms. The highest BCUT2D eigenvalue weighted by molar-refractivity contribution is 8.00. The van der Waals surface area contributed by atoms with Crippen molar-refractivity contribution >= 4 is 11.8 Å². The van der Waals surface area contributed by atoms with Gasteiger partial charge < -0.3 is 5.32 Å². The van der Waals surface area contributed by atoms with Crippen LogP contribution in [-0.4, -0.2) is 11.3 Å². The molecule has 0 atom stereocenters.